The van der Waals surface area contributed by atoms with Crippen LogP contribution in [0.4, 0.5) is 5.95 Å². The zero-order valence-electron chi connectivity index (χ0n) is 21.5. The Labute approximate surface area is 219 Å². The van der Waals surface area contributed by atoms with E-state index >= 15 is 0 Å². The third-order valence-electron chi connectivity index (χ3n) is 7.18. The summed E-state index contributed by atoms with van der Waals surface area (Å²) in [6.45, 7) is 5.40. The van der Waals surface area contributed by atoms with Crippen LogP contribution in [0.15, 0.2) is 67.0 Å². The van der Waals surface area contributed by atoms with Crippen LogP contribution in [-0.4, -0.2) is 44.1 Å². The van der Waals surface area contributed by atoms with Crippen molar-refractivity contribution in [3.63, 3.8) is 0 Å². The quantitative estimate of drug-likeness (QED) is 0.324. The molecule has 1 atom stereocenters. The van der Waals surface area contributed by atoms with Crippen molar-refractivity contribution >= 4 is 34.3 Å². The zero-order valence-corrected chi connectivity index (χ0v) is 21.5. The molecule has 6 rings (SSSR count). The van der Waals surface area contributed by atoms with E-state index in [0.29, 0.717) is 30.2 Å². The SMILES string of the molecule is Cc1cccc([C@H](C)NC(=O)c2cn(C)c3ccc(-c4ccn5nc(NC(=O)C6CNC6)nc5c4)cc23)c1. The largest absolute Gasteiger partial charge is 0.350 e. The summed E-state index contributed by atoms with van der Waals surface area (Å²) in [5, 5.41) is 14.3. The number of carbonyl (C=O) groups excluding carboxylic acids is 2. The van der Waals surface area contributed by atoms with E-state index in [-0.39, 0.29) is 23.8 Å². The third-order valence-corrected chi connectivity index (χ3v) is 7.18. The molecule has 0 aliphatic carbocycles. The minimum Gasteiger partial charge on any atom is -0.350 e. The summed E-state index contributed by atoms with van der Waals surface area (Å²) in [5.41, 5.74) is 6.36. The first kappa shape index (κ1) is 23.9. The van der Waals surface area contributed by atoms with Crippen molar-refractivity contribution in [2.24, 2.45) is 13.0 Å². The van der Waals surface area contributed by atoms with Crippen LogP contribution in [0.5, 0.6) is 0 Å². The number of fused-ring (bicyclic) bond motifs is 2. The molecule has 1 saturated heterocycles. The predicted molar refractivity (Wildman–Crippen MR) is 147 cm³/mol. The Kier molecular flexibility index (Phi) is 5.92. The number of aromatic nitrogens is 4. The molecule has 5 aromatic rings. The lowest BCUT2D eigenvalue weighted by Gasteiger charge is -2.24. The molecule has 0 bridgehead atoms. The van der Waals surface area contributed by atoms with Crippen LogP contribution in [0, 0.1) is 12.8 Å². The maximum absolute atomic E-state index is 13.3. The molecule has 38 heavy (non-hydrogen) atoms. The molecule has 9 heteroatoms. The Bertz CT molecular complexity index is 1700. The predicted octanol–water partition coefficient (Wildman–Crippen LogP) is 3.85. The highest BCUT2D eigenvalue weighted by Crippen LogP contribution is 2.29. The van der Waals surface area contributed by atoms with Crippen LogP contribution in [-0.2, 0) is 11.8 Å². The van der Waals surface area contributed by atoms with Gasteiger partial charge in [-0.25, -0.2) is 4.52 Å². The summed E-state index contributed by atoms with van der Waals surface area (Å²) in [4.78, 5) is 30.1. The summed E-state index contributed by atoms with van der Waals surface area (Å²) in [6.07, 6.45) is 3.70. The highest BCUT2D eigenvalue weighted by atomic mass is 16.2. The molecule has 2 aromatic carbocycles. The maximum atomic E-state index is 13.3. The molecule has 0 saturated carbocycles. The van der Waals surface area contributed by atoms with E-state index in [1.807, 2.05) is 86.4 Å². The van der Waals surface area contributed by atoms with E-state index in [2.05, 4.69) is 32.1 Å². The maximum Gasteiger partial charge on any atom is 0.253 e. The second-order valence-electron chi connectivity index (χ2n) is 9.99. The second-order valence-corrected chi connectivity index (χ2v) is 9.99. The second kappa shape index (κ2) is 9.42. The third kappa shape index (κ3) is 4.41. The number of carbonyl (C=O) groups is 2. The van der Waals surface area contributed by atoms with E-state index in [1.165, 1.54) is 0 Å². The molecule has 3 N–H and O–H groups in total. The zero-order chi connectivity index (χ0) is 26.4. The first-order chi connectivity index (χ1) is 18.4. The Balaban J connectivity index is 1.28. The number of nitrogens with one attached hydrogen (secondary N) is 3. The topological polar surface area (TPSA) is 105 Å². The van der Waals surface area contributed by atoms with E-state index < -0.39 is 0 Å². The molecule has 3 aromatic heterocycles. The molecule has 4 heterocycles. The molecule has 0 unspecified atom stereocenters. The molecule has 1 aliphatic rings. The molecule has 0 radical (unpaired) electrons. The minimum atomic E-state index is -0.119. The van der Waals surface area contributed by atoms with Gasteiger partial charge in [0.25, 0.3) is 5.91 Å². The Hall–Kier alpha value is -4.50. The molecule has 192 valence electrons. The minimum absolute atomic E-state index is 0.0408. The molecule has 0 spiro atoms. The van der Waals surface area contributed by atoms with Crippen LogP contribution in [0.2, 0.25) is 0 Å². The van der Waals surface area contributed by atoms with E-state index in [4.69, 9.17) is 0 Å². The van der Waals surface area contributed by atoms with Crippen molar-refractivity contribution in [3.8, 4) is 11.1 Å². The highest BCUT2D eigenvalue weighted by Gasteiger charge is 2.25. The lowest BCUT2D eigenvalue weighted by Crippen LogP contribution is -2.48. The van der Waals surface area contributed by atoms with Gasteiger partial charge in [0.2, 0.25) is 11.9 Å². The number of anilines is 1. The molecule has 1 fully saturated rings. The fourth-order valence-electron chi connectivity index (χ4n) is 4.85. The van der Waals surface area contributed by atoms with Gasteiger partial charge in [0.1, 0.15) is 0 Å². The number of pyridine rings is 1. The van der Waals surface area contributed by atoms with Gasteiger partial charge in [-0.05, 0) is 54.8 Å². The van der Waals surface area contributed by atoms with Crippen molar-refractivity contribution in [3.05, 3.63) is 83.7 Å². The number of nitrogens with zero attached hydrogens (tertiary/aromatic N) is 4. The standard InChI is InChI=1S/C29H29N7O2/c1-17-5-4-6-19(11-17)18(2)31-28(38)24-16-35(3)25-8-7-20(12-23(24)25)21-9-10-36-26(13-21)32-29(34-36)33-27(37)22-14-30-15-22/h4-13,16,18,22,30H,14-15H2,1-3H3,(H,31,38)(H,33,34,37)/t18-/m0/s1. The van der Waals surface area contributed by atoms with Crippen LogP contribution in [0.25, 0.3) is 27.7 Å². The van der Waals surface area contributed by atoms with Gasteiger partial charge >= 0.3 is 0 Å². The number of amides is 2. The molecular formula is C29H29N7O2. The van der Waals surface area contributed by atoms with Gasteiger partial charge < -0.3 is 15.2 Å². The normalized spacial score (nSPS) is 14.4. The Morgan fingerprint density at radius 3 is 2.66 bits per heavy atom. The number of rotatable bonds is 6. The molecule has 9 nitrogen and oxygen atoms in total. The lowest BCUT2D eigenvalue weighted by molar-refractivity contribution is -0.121. The van der Waals surface area contributed by atoms with Crippen LogP contribution in [0.3, 0.4) is 0 Å². The van der Waals surface area contributed by atoms with Gasteiger partial charge in [-0.1, -0.05) is 35.9 Å². The fourth-order valence-corrected chi connectivity index (χ4v) is 4.85. The lowest BCUT2D eigenvalue weighted by atomic mass is 10.0. The average molecular weight is 508 g/mol. The van der Waals surface area contributed by atoms with E-state index in [9.17, 15) is 9.59 Å². The summed E-state index contributed by atoms with van der Waals surface area (Å²) in [5.74, 6) is 0.0638. The average Bonchev–Trinajstić information content (AvgIpc) is 3.42. The Morgan fingerprint density at radius 2 is 1.89 bits per heavy atom. The van der Waals surface area contributed by atoms with E-state index in [0.717, 1.165) is 33.2 Å². The Morgan fingerprint density at radius 1 is 1.08 bits per heavy atom. The first-order valence-corrected chi connectivity index (χ1v) is 12.7. The first-order valence-electron chi connectivity index (χ1n) is 12.7. The number of benzene rings is 2. The van der Waals surface area contributed by atoms with Gasteiger partial charge in [-0.15, -0.1) is 5.10 Å². The summed E-state index contributed by atoms with van der Waals surface area (Å²) < 4.78 is 3.62. The van der Waals surface area contributed by atoms with Crippen LogP contribution >= 0.6 is 0 Å². The van der Waals surface area contributed by atoms with Gasteiger partial charge in [-0.2, -0.15) is 4.98 Å². The van der Waals surface area contributed by atoms with Gasteiger partial charge in [0.05, 0.1) is 17.5 Å². The van der Waals surface area contributed by atoms with Crippen molar-refractivity contribution in [2.45, 2.75) is 19.9 Å². The summed E-state index contributed by atoms with van der Waals surface area (Å²) >= 11 is 0. The van der Waals surface area contributed by atoms with Crippen molar-refractivity contribution in [2.75, 3.05) is 18.4 Å². The van der Waals surface area contributed by atoms with Gasteiger partial charge in [0.15, 0.2) is 5.65 Å². The van der Waals surface area contributed by atoms with Gasteiger partial charge in [-0.3, -0.25) is 14.9 Å². The highest BCUT2D eigenvalue weighted by molar-refractivity contribution is 6.08. The molecule has 2 amide bonds. The van der Waals surface area contributed by atoms with Crippen molar-refractivity contribution in [1.82, 2.24) is 29.8 Å². The fraction of sp³-hybridized carbons (Fsp3) is 0.241. The summed E-state index contributed by atoms with van der Waals surface area (Å²) in [7, 11) is 1.94. The van der Waals surface area contributed by atoms with E-state index in [1.54, 1.807) is 4.52 Å². The molecular weight excluding hydrogens is 478 g/mol. The molecule has 1 aliphatic heterocycles. The van der Waals surface area contributed by atoms with Crippen LogP contribution < -0.4 is 16.0 Å². The smallest absolute Gasteiger partial charge is 0.253 e. The van der Waals surface area contributed by atoms with Gasteiger partial charge in [0, 0.05) is 43.4 Å². The van der Waals surface area contributed by atoms with Crippen molar-refractivity contribution in [1.29, 1.82) is 0 Å². The monoisotopic (exact) mass is 507 g/mol. The number of hydrogen-bond donors (Lipinski definition) is 3. The van der Waals surface area contributed by atoms with Crippen LogP contribution in [0.1, 0.15) is 34.5 Å². The number of hydrogen-bond acceptors (Lipinski definition) is 5. The number of aryl methyl sites for hydroxylation is 2. The summed E-state index contributed by atoms with van der Waals surface area (Å²) in [6, 6.07) is 18.0. The van der Waals surface area contributed by atoms with Crippen molar-refractivity contribution < 1.29 is 9.59 Å².